The van der Waals surface area contributed by atoms with E-state index in [1.54, 1.807) is 11.1 Å². The molecule has 0 aromatic heterocycles. The lowest BCUT2D eigenvalue weighted by atomic mass is 9.72. The fourth-order valence-corrected chi connectivity index (χ4v) is 6.50. The van der Waals surface area contributed by atoms with Gasteiger partial charge in [0.15, 0.2) is 0 Å². The van der Waals surface area contributed by atoms with Crippen LogP contribution in [0.3, 0.4) is 0 Å². The monoisotopic (exact) mass is 370 g/mol. The topological polar surface area (TPSA) is 18.5 Å². The Morgan fingerprint density at radius 1 is 0.714 bits per heavy atom. The quantitative estimate of drug-likeness (QED) is 0.720. The molecular formula is C26H26O2. The molecule has 0 aliphatic heterocycles. The van der Waals surface area contributed by atoms with Crippen LogP contribution < -0.4 is 9.47 Å². The molecular weight excluding hydrogens is 344 g/mol. The molecule has 4 aliphatic carbocycles. The summed E-state index contributed by atoms with van der Waals surface area (Å²) in [4.78, 5) is 0. The van der Waals surface area contributed by atoms with Crippen LogP contribution >= 0.6 is 0 Å². The largest absolute Gasteiger partial charge is 0.496 e. The Kier molecular flexibility index (Phi) is 3.39. The highest BCUT2D eigenvalue weighted by Crippen LogP contribution is 2.58. The van der Waals surface area contributed by atoms with Crippen molar-refractivity contribution in [1.29, 1.82) is 0 Å². The van der Waals surface area contributed by atoms with Gasteiger partial charge in [0.05, 0.1) is 14.2 Å². The van der Waals surface area contributed by atoms with E-state index in [0.717, 1.165) is 30.8 Å². The second kappa shape index (κ2) is 5.76. The van der Waals surface area contributed by atoms with Gasteiger partial charge < -0.3 is 9.47 Å². The van der Waals surface area contributed by atoms with Crippen LogP contribution in [-0.4, -0.2) is 14.2 Å². The Labute approximate surface area is 166 Å². The summed E-state index contributed by atoms with van der Waals surface area (Å²) in [7, 11) is 3.65. The van der Waals surface area contributed by atoms with Gasteiger partial charge in [0.25, 0.3) is 0 Å². The third kappa shape index (κ3) is 1.98. The molecule has 2 nitrogen and oxygen atoms in total. The predicted octanol–water partition coefficient (Wildman–Crippen LogP) is 5.24. The number of ether oxygens (including phenoxy) is 2. The van der Waals surface area contributed by atoms with Crippen LogP contribution in [0.2, 0.25) is 0 Å². The first kappa shape index (κ1) is 16.5. The molecule has 0 amide bonds. The van der Waals surface area contributed by atoms with Crippen molar-refractivity contribution in [2.75, 3.05) is 14.2 Å². The van der Waals surface area contributed by atoms with Crippen molar-refractivity contribution in [1.82, 2.24) is 0 Å². The van der Waals surface area contributed by atoms with Crippen LogP contribution in [0.25, 0.3) is 0 Å². The molecule has 0 saturated carbocycles. The molecule has 0 N–H and O–H groups in total. The van der Waals surface area contributed by atoms with Crippen LogP contribution in [-0.2, 0) is 31.1 Å². The molecule has 4 aliphatic rings. The van der Waals surface area contributed by atoms with E-state index in [2.05, 4.69) is 36.4 Å². The molecule has 0 saturated heterocycles. The Balaban J connectivity index is 1.74. The second-order valence-corrected chi connectivity index (χ2v) is 8.69. The van der Waals surface area contributed by atoms with Gasteiger partial charge in [0, 0.05) is 29.4 Å². The molecule has 0 unspecified atom stereocenters. The molecule has 0 radical (unpaired) electrons. The first-order valence-electron chi connectivity index (χ1n) is 10.5. The van der Waals surface area contributed by atoms with Crippen molar-refractivity contribution in [3.63, 3.8) is 0 Å². The highest BCUT2D eigenvalue weighted by molar-refractivity contribution is 5.66. The number of hydrogen-bond donors (Lipinski definition) is 0. The zero-order valence-electron chi connectivity index (χ0n) is 16.7. The van der Waals surface area contributed by atoms with Gasteiger partial charge in [-0.05, 0) is 77.6 Å². The van der Waals surface area contributed by atoms with Crippen molar-refractivity contribution >= 4 is 0 Å². The van der Waals surface area contributed by atoms with Crippen molar-refractivity contribution in [3.8, 4) is 11.5 Å². The second-order valence-electron chi connectivity index (χ2n) is 8.69. The number of hydrogen-bond acceptors (Lipinski definition) is 2. The maximum atomic E-state index is 5.90. The summed E-state index contributed by atoms with van der Waals surface area (Å²) in [5, 5.41) is 0. The smallest absolute Gasteiger partial charge is 0.122 e. The lowest BCUT2D eigenvalue weighted by Gasteiger charge is -2.31. The maximum absolute atomic E-state index is 5.90. The molecule has 2 heteroatoms. The van der Waals surface area contributed by atoms with Crippen LogP contribution in [0, 0.1) is 0 Å². The van der Waals surface area contributed by atoms with Gasteiger partial charge in [-0.15, -0.1) is 0 Å². The number of rotatable bonds is 2. The summed E-state index contributed by atoms with van der Waals surface area (Å²) in [5.41, 5.74) is 12.2. The van der Waals surface area contributed by atoms with Gasteiger partial charge in [-0.25, -0.2) is 0 Å². The molecule has 2 aromatic carbocycles. The lowest BCUT2D eigenvalue weighted by molar-refractivity contribution is 0.405. The van der Waals surface area contributed by atoms with E-state index in [-0.39, 0.29) is 5.41 Å². The predicted molar refractivity (Wildman–Crippen MR) is 112 cm³/mol. The van der Waals surface area contributed by atoms with E-state index < -0.39 is 0 Å². The Hall–Kier alpha value is -2.48. The van der Waals surface area contributed by atoms with Gasteiger partial charge in [-0.2, -0.15) is 0 Å². The molecule has 142 valence electrons. The number of allylic oxidation sites excluding steroid dienone is 4. The van der Waals surface area contributed by atoms with E-state index in [9.17, 15) is 0 Å². The number of benzene rings is 2. The van der Waals surface area contributed by atoms with Crippen molar-refractivity contribution in [3.05, 3.63) is 80.9 Å². The molecule has 0 heterocycles. The lowest BCUT2D eigenvalue weighted by Crippen LogP contribution is -2.24. The maximum Gasteiger partial charge on any atom is 0.122 e. The van der Waals surface area contributed by atoms with Crippen molar-refractivity contribution in [2.24, 2.45) is 0 Å². The Morgan fingerprint density at radius 2 is 1.21 bits per heavy atom. The fraction of sp³-hybridized carbons (Fsp3) is 0.385. The van der Waals surface area contributed by atoms with Gasteiger partial charge in [-0.3, -0.25) is 0 Å². The van der Waals surface area contributed by atoms with Gasteiger partial charge in [0.1, 0.15) is 11.5 Å². The molecule has 1 spiro atoms. The van der Waals surface area contributed by atoms with Crippen molar-refractivity contribution in [2.45, 2.75) is 50.4 Å². The first-order chi connectivity index (χ1) is 13.7. The standard InChI is InChI=1S/C26H26O2/c1-27-22-8-6-16-10-12-26-13-11-17-7-9-23(28-2)21(25(17)26)15-19-5-3-4-18(19)14-20(22)24(16)26/h4-9H,3,10-15H2,1-2H3. The highest BCUT2D eigenvalue weighted by atomic mass is 16.5. The van der Waals surface area contributed by atoms with E-state index in [4.69, 9.17) is 9.47 Å². The number of aryl methyl sites for hydroxylation is 2. The summed E-state index contributed by atoms with van der Waals surface area (Å²) in [6.45, 7) is 0. The molecule has 6 rings (SSSR count). The van der Waals surface area contributed by atoms with Crippen molar-refractivity contribution < 1.29 is 9.47 Å². The van der Waals surface area contributed by atoms with Crippen LogP contribution in [0.1, 0.15) is 52.6 Å². The molecule has 0 atom stereocenters. The third-order valence-electron chi connectivity index (χ3n) is 7.63. The summed E-state index contributed by atoms with van der Waals surface area (Å²) >= 11 is 0. The molecule has 2 aromatic rings. The summed E-state index contributed by atoms with van der Waals surface area (Å²) in [6.07, 6.45) is 12.6. The molecule has 0 bridgehead atoms. The van der Waals surface area contributed by atoms with E-state index in [0.29, 0.717) is 0 Å². The van der Waals surface area contributed by atoms with Gasteiger partial charge >= 0.3 is 0 Å². The van der Waals surface area contributed by atoms with Gasteiger partial charge in [0.2, 0.25) is 0 Å². The normalized spacial score (nSPS) is 20.2. The Morgan fingerprint density at radius 3 is 1.68 bits per heavy atom. The summed E-state index contributed by atoms with van der Waals surface area (Å²) in [6, 6.07) is 9.04. The summed E-state index contributed by atoms with van der Waals surface area (Å²) in [5.74, 6) is 2.12. The summed E-state index contributed by atoms with van der Waals surface area (Å²) < 4.78 is 11.8. The van der Waals surface area contributed by atoms with E-state index in [1.807, 2.05) is 14.2 Å². The average Bonchev–Trinajstić information content (AvgIpc) is 3.41. The minimum atomic E-state index is 0.137. The Bertz CT molecular complexity index is 985. The van der Waals surface area contributed by atoms with Crippen LogP contribution in [0.15, 0.2) is 47.6 Å². The minimum Gasteiger partial charge on any atom is -0.496 e. The molecule has 0 fully saturated rings. The highest BCUT2D eigenvalue weighted by Gasteiger charge is 2.49. The minimum absolute atomic E-state index is 0.137. The zero-order valence-corrected chi connectivity index (χ0v) is 16.7. The first-order valence-corrected chi connectivity index (χ1v) is 10.5. The van der Waals surface area contributed by atoms with Crippen LogP contribution in [0.5, 0.6) is 11.5 Å². The SMILES string of the molecule is COc1ccc2c3c1CC1=CCC=C1Cc1c(OC)ccc4c1C3(CC2)CC4. The third-order valence-corrected chi connectivity index (χ3v) is 7.63. The number of methoxy groups -OCH3 is 2. The average molecular weight is 370 g/mol. The fourth-order valence-electron chi connectivity index (χ4n) is 6.50. The number of fused-ring (bicyclic) bond motifs is 1. The van der Waals surface area contributed by atoms with Crippen LogP contribution in [0.4, 0.5) is 0 Å². The molecule has 28 heavy (non-hydrogen) atoms. The van der Waals surface area contributed by atoms with E-state index in [1.165, 1.54) is 59.1 Å². The van der Waals surface area contributed by atoms with E-state index >= 15 is 0 Å². The van der Waals surface area contributed by atoms with Gasteiger partial charge in [-0.1, -0.05) is 24.3 Å². The zero-order chi connectivity index (χ0) is 18.9.